The molecular formula is C14H14ClN3O2S. The highest BCUT2D eigenvalue weighted by Crippen LogP contribution is 2.16. The fourth-order valence-corrected chi connectivity index (χ4v) is 2.57. The van der Waals surface area contributed by atoms with Gasteiger partial charge in [0.15, 0.2) is 5.13 Å². The molecule has 0 bridgehead atoms. The Balaban J connectivity index is 1.82. The molecule has 21 heavy (non-hydrogen) atoms. The van der Waals surface area contributed by atoms with Crippen LogP contribution in [-0.2, 0) is 22.4 Å². The fraction of sp³-hybridized carbons (Fsp3) is 0.214. The predicted molar refractivity (Wildman–Crippen MR) is 83.4 cm³/mol. The highest BCUT2D eigenvalue weighted by Gasteiger charge is 2.08. The molecule has 110 valence electrons. The summed E-state index contributed by atoms with van der Waals surface area (Å²) in [7, 11) is 0. The molecule has 3 N–H and O–H groups in total. The lowest BCUT2D eigenvalue weighted by Gasteiger charge is -2.02. The monoisotopic (exact) mass is 323 g/mol. The van der Waals surface area contributed by atoms with Gasteiger partial charge < -0.3 is 11.1 Å². The summed E-state index contributed by atoms with van der Waals surface area (Å²) in [6.07, 6.45) is 1.06. The van der Waals surface area contributed by atoms with E-state index in [9.17, 15) is 9.59 Å². The molecule has 0 radical (unpaired) electrons. The van der Waals surface area contributed by atoms with Crippen LogP contribution in [0.25, 0.3) is 0 Å². The molecule has 0 aliphatic heterocycles. The maximum atomic E-state index is 11.8. The number of aromatic nitrogens is 1. The van der Waals surface area contributed by atoms with E-state index in [1.165, 1.54) is 11.3 Å². The molecule has 2 rings (SSSR count). The van der Waals surface area contributed by atoms with Crippen LogP contribution in [0.2, 0.25) is 5.02 Å². The van der Waals surface area contributed by atoms with Gasteiger partial charge in [-0.2, -0.15) is 0 Å². The van der Waals surface area contributed by atoms with Gasteiger partial charge >= 0.3 is 0 Å². The third-order valence-electron chi connectivity index (χ3n) is 2.71. The maximum Gasteiger partial charge on any atom is 0.226 e. The van der Waals surface area contributed by atoms with Crippen molar-refractivity contribution in [1.82, 2.24) is 4.98 Å². The van der Waals surface area contributed by atoms with Crippen molar-refractivity contribution < 1.29 is 9.59 Å². The number of nitrogens with zero attached hydrogens (tertiary/aromatic N) is 1. The number of carbonyl (C=O) groups excluding carboxylic acids is 2. The van der Waals surface area contributed by atoms with Gasteiger partial charge in [0.05, 0.1) is 12.1 Å². The van der Waals surface area contributed by atoms with Crippen LogP contribution in [-0.4, -0.2) is 16.8 Å². The molecule has 0 fully saturated rings. The SMILES string of the molecule is NC(=O)Cc1csc(NC(=O)CCc2ccc(Cl)cc2)n1. The lowest BCUT2D eigenvalue weighted by molar-refractivity contribution is -0.117. The molecule has 0 spiro atoms. The second-order valence-corrected chi connectivity index (χ2v) is 5.76. The van der Waals surface area contributed by atoms with Crippen molar-refractivity contribution in [2.24, 2.45) is 5.73 Å². The minimum absolute atomic E-state index is 0.0805. The third kappa shape index (κ3) is 5.17. The topological polar surface area (TPSA) is 85.1 Å². The minimum Gasteiger partial charge on any atom is -0.369 e. The Morgan fingerprint density at radius 1 is 1.29 bits per heavy atom. The molecule has 0 saturated carbocycles. The number of thiazole rings is 1. The Bertz CT molecular complexity index is 640. The summed E-state index contributed by atoms with van der Waals surface area (Å²) < 4.78 is 0. The van der Waals surface area contributed by atoms with Crippen molar-refractivity contribution in [2.75, 3.05) is 5.32 Å². The van der Waals surface area contributed by atoms with Crippen molar-refractivity contribution in [2.45, 2.75) is 19.3 Å². The summed E-state index contributed by atoms with van der Waals surface area (Å²) in [4.78, 5) is 26.7. The Hall–Kier alpha value is -1.92. The molecule has 0 unspecified atom stereocenters. The van der Waals surface area contributed by atoms with Gasteiger partial charge in [-0.1, -0.05) is 23.7 Å². The zero-order chi connectivity index (χ0) is 15.2. The fourth-order valence-electron chi connectivity index (χ4n) is 1.71. The van der Waals surface area contributed by atoms with E-state index in [-0.39, 0.29) is 12.3 Å². The van der Waals surface area contributed by atoms with Gasteiger partial charge in [-0.3, -0.25) is 9.59 Å². The van der Waals surface area contributed by atoms with Gasteiger partial charge in [0.1, 0.15) is 0 Å². The minimum atomic E-state index is -0.444. The third-order valence-corrected chi connectivity index (χ3v) is 3.77. The van der Waals surface area contributed by atoms with Crippen LogP contribution >= 0.6 is 22.9 Å². The van der Waals surface area contributed by atoms with E-state index >= 15 is 0 Å². The summed E-state index contributed by atoms with van der Waals surface area (Å²) in [5.74, 6) is -0.564. The molecule has 5 nitrogen and oxygen atoms in total. The number of nitrogens with two attached hydrogens (primary N) is 1. The van der Waals surface area contributed by atoms with Gasteiger partial charge in [-0.25, -0.2) is 4.98 Å². The predicted octanol–water partition coefficient (Wildman–Crippen LogP) is 2.40. The van der Waals surface area contributed by atoms with Crippen LogP contribution in [0.5, 0.6) is 0 Å². The number of primary amides is 1. The average Bonchev–Trinajstić information content (AvgIpc) is 2.84. The lowest BCUT2D eigenvalue weighted by Crippen LogP contribution is -2.14. The van der Waals surface area contributed by atoms with Crippen molar-refractivity contribution in [3.63, 3.8) is 0 Å². The Kier molecular flexibility index (Phi) is 5.30. The summed E-state index contributed by atoms with van der Waals surface area (Å²) >= 11 is 7.08. The van der Waals surface area contributed by atoms with E-state index in [1.807, 2.05) is 12.1 Å². The Morgan fingerprint density at radius 3 is 2.67 bits per heavy atom. The van der Waals surface area contributed by atoms with Gasteiger partial charge in [0, 0.05) is 16.8 Å². The number of benzene rings is 1. The van der Waals surface area contributed by atoms with Crippen LogP contribution in [0.3, 0.4) is 0 Å². The van der Waals surface area contributed by atoms with Crippen LogP contribution < -0.4 is 11.1 Å². The van der Waals surface area contributed by atoms with Crippen molar-refractivity contribution in [3.8, 4) is 0 Å². The smallest absolute Gasteiger partial charge is 0.226 e. The zero-order valence-electron chi connectivity index (χ0n) is 11.1. The van der Waals surface area contributed by atoms with Gasteiger partial charge in [-0.15, -0.1) is 11.3 Å². The van der Waals surface area contributed by atoms with Gasteiger partial charge in [0.2, 0.25) is 11.8 Å². The second kappa shape index (κ2) is 7.19. The summed E-state index contributed by atoms with van der Waals surface area (Å²) in [5, 5.41) is 5.57. The number of nitrogens with one attached hydrogen (secondary N) is 1. The van der Waals surface area contributed by atoms with Crippen molar-refractivity contribution >= 4 is 39.9 Å². The number of aryl methyl sites for hydroxylation is 1. The highest BCUT2D eigenvalue weighted by atomic mass is 35.5. The molecule has 2 amide bonds. The number of carbonyl (C=O) groups is 2. The molecule has 1 heterocycles. The number of hydrogen-bond acceptors (Lipinski definition) is 4. The molecule has 0 aliphatic carbocycles. The van der Waals surface area contributed by atoms with E-state index in [4.69, 9.17) is 17.3 Å². The molecule has 7 heteroatoms. The van der Waals surface area contributed by atoms with Crippen LogP contribution in [0, 0.1) is 0 Å². The van der Waals surface area contributed by atoms with E-state index in [0.29, 0.717) is 28.7 Å². The number of amides is 2. The Labute approximate surface area is 131 Å². The highest BCUT2D eigenvalue weighted by molar-refractivity contribution is 7.13. The van der Waals surface area contributed by atoms with E-state index in [0.717, 1.165) is 5.56 Å². The number of hydrogen-bond donors (Lipinski definition) is 2. The summed E-state index contributed by atoms with van der Waals surface area (Å²) in [5.41, 5.74) is 6.70. The van der Waals surface area contributed by atoms with Crippen molar-refractivity contribution in [1.29, 1.82) is 0 Å². The normalized spacial score (nSPS) is 10.3. The summed E-state index contributed by atoms with van der Waals surface area (Å²) in [6.45, 7) is 0. The van der Waals surface area contributed by atoms with E-state index in [2.05, 4.69) is 10.3 Å². The lowest BCUT2D eigenvalue weighted by atomic mass is 10.1. The molecule has 2 aromatic rings. The molecular weight excluding hydrogens is 310 g/mol. The van der Waals surface area contributed by atoms with E-state index in [1.54, 1.807) is 17.5 Å². The largest absolute Gasteiger partial charge is 0.369 e. The van der Waals surface area contributed by atoms with Crippen molar-refractivity contribution in [3.05, 3.63) is 45.9 Å². The Morgan fingerprint density at radius 2 is 2.00 bits per heavy atom. The first-order chi connectivity index (χ1) is 10.0. The molecule has 0 saturated heterocycles. The van der Waals surface area contributed by atoms with Gasteiger partial charge in [-0.05, 0) is 24.1 Å². The molecule has 1 aromatic carbocycles. The van der Waals surface area contributed by atoms with Gasteiger partial charge in [0.25, 0.3) is 0 Å². The van der Waals surface area contributed by atoms with Crippen LogP contribution in [0.15, 0.2) is 29.6 Å². The first-order valence-corrected chi connectivity index (χ1v) is 7.55. The van der Waals surface area contributed by atoms with E-state index < -0.39 is 5.91 Å². The average molecular weight is 324 g/mol. The second-order valence-electron chi connectivity index (χ2n) is 4.46. The maximum absolute atomic E-state index is 11.8. The molecule has 0 aliphatic rings. The standard InChI is InChI=1S/C14H14ClN3O2S/c15-10-4-1-9(2-5-10)3-6-13(20)18-14-17-11(8-21-14)7-12(16)19/h1-2,4-5,8H,3,6-7H2,(H2,16,19)(H,17,18,20). The first-order valence-electron chi connectivity index (χ1n) is 6.30. The number of anilines is 1. The zero-order valence-corrected chi connectivity index (χ0v) is 12.7. The quantitative estimate of drug-likeness (QED) is 0.856. The number of rotatable bonds is 6. The van der Waals surface area contributed by atoms with Crippen LogP contribution in [0.4, 0.5) is 5.13 Å². The molecule has 1 aromatic heterocycles. The molecule has 0 atom stereocenters. The van der Waals surface area contributed by atoms with Crippen LogP contribution in [0.1, 0.15) is 17.7 Å². The summed E-state index contributed by atoms with van der Waals surface area (Å²) in [6, 6.07) is 7.38. The number of halogens is 1. The first kappa shape index (κ1) is 15.5.